The maximum absolute atomic E-state index is 12.6. The average Bonchev–Trinajstić information content (AvgIpc) is 3.41. The molecule has 14 heteroatoms. The van der Waals surface area contributed by atoms with E-state index >= 15 is 0 Å². The Morgan fingerprint density at radius 2 is 1.97 bits per heavy atom. The summed E-state index contributed by atoms with van der Waals surface area (Å²) in [5.41, 5.74) is -0.00957. The minimum atomic E-state index is -5.08. The van der Waals surface area contributed by atoms with Crippen molar-refractivity contribution in [2.75, 3.05) is 13.2 Å². The summed E-state index contributed by atoms with van der Waals surface area (Å²) in [5, 5.41) is 28.5. The van der Waals surface area contributed by atoms with Crippen molar-refractivity contribution in [3.63, 3.8) is 0 Å². The van der Waals surface area contributed by atoms with Crippen LogP contribution in [0.2, 0.25) is 5.02 Å². The number of aromatic carboxylic acids is 1. The monoisotopic (exact) mass is 492 g/mol. The molecule has 3 atom stereocenters. The minimum absolute atomic E-state index is 0.00957. The van der Waals surface area contributed by atoms with E-state index in [1.807, 2.05) is 0 Å². The van der Waals surface area contributed by atoms with Crippen LogP contribution in [0.25, 0.3) is 0 Å². The molecular formula is C19H20ClF3N4O6. The van der Waals surface area contributed by atoms with Crippen molar-refractivity contribution in [2.24, 2.45) is 0 Å². The number of hydrogen-bond donors (Lipinski definition) is 3. The number of nitrogens with zero attached hydrogens (tertiary/aromatic N) is 3. The Balaban J connectivity index is 0.000000479. The quantitative estimate of drug-likeness (QED) is 0.560. The Morgan fingerprint density at radius 3 is 2.52 bits per heavy atom. The van der Waals surface area contributed by atoms with Gasteiger partial charge in [0.15, 0.2) is 0 Å². The fourth-order valence-corrected chi connectivity index (χ4v) is 3.56. The highest BCUT2D eigenvalue weighted by molar-refractivity contribution is 6.32. The highest BCUT2D eigenvalue weighted by Gasteiger charge is 2.38. The van der Waals surface area contributed by atoms with Crippen LogP contribution in [0.5, 0.6) is 5.88 Å². The van der Waals surface area contributed by atoms with E-state index in [2.05, 4.69) is 16.4 Å². The third kappa shape index (κ3) is 7.19. The van der Waals surface area contributed by atoms with Crippen molar-refractivity contribution in [1.29, 1.82) is 5.26 Å². The van der Waals surface area contributed by atoms with Crippen molar-refractivity contribution >= 4 is 29.4 Å². The number of ether oxygens (including phenoxy) is 1. The molecule has 1 amide bonds. The van der Waals surface area contributed by atoms with Gasteiger partial charge in [0, 0.05) is 18.8 Å². The van der Waals surface area contributed by atoms with Crippen molar-refractivity contribution in [3.05, 3.63) is 22.8 Å². The molecule has 2 fully saturated rings. The summed E-state index contributed by atoms with van der Waals surface area (Å²) < 4.78 is 37.3. The lowest BCUT2D eigenvalue weighted by Crippen LogP contribution is -2.47. The number of amides is 1. The molecular weight excluding hydrogens is 473 g/mol. The summed E-state index contributed by atoms with van der Waals surface area (Å²) in [4.78, 5) is 37.9. The number of nitrogens with one attached hydrogen (secondary N) is 1. The van der Waals surface area contributed by atoms with E-state index in [4.69, 9.17) is 36.6 Å². The lowest BCUT2D eigenvalue weighted by atomic mass is 10.1. The molecule has 3 N–H and O–H groups in total. The van der Waals surface area contributed by atoms with Crippen LogP contribution < -0.4 is 10.1 Å². The molecule has 10 nitrogen and oxygen atoms in total. The van der Waals surface area contributed by atoms with E-state index in [1.54, 1.807) is 4.90 Å². The predicted octanol–water partition coefficient (Wildman–Crippen LogP) is 2.08. The number of alkyl halides is 3. The second-order valence-electron chi connectivity index (χ2n) is 7.24. The van der Waals surface area contributed by atoms with E-state index < -0.39 is 18.1 Å². The summed E-state index contributed by atoms with van der Waals surface area (Å²) in [6, 6.07) is 2.80. The van der Waals surface area contributed by atoms with Crippen LogP contribution in [-0.4, -0.2) is 75.4 Å². The van der Waals surface area contributed by atoms with Crippen LogP contribution in [0.15, 0.2) is 12.3 Å². The van der Waals surface area contributed by atoms with Gasteiger partial charge in [-0.2, -0.15) is 18.4 Å². The molecule has 3 rings (SSSR count). The Morgan fingerprint density at radius 1 is 1.30 bits per heavy atom. The maximum atomic E-state index is 12.6. The topological polar surface area (TPSA) is 153 Å². The number of pyridine rings is 1. The van der Waals surface area contributed by atoms with Crippen molar-refractivity contribution in [1.82, 2.24) is 15.2 Å². The molecule has 1 aromatic heterocycles. The van der Waals surface area contributed by atoms with E-state index in [-0.39, 0.29) is 47.1 Å². The van der Waals surface area contributed by atoms with Crippen molar-refractivity contribution < 1.29 is 42.5 Å². The number of carboxylic acids is 2. The fraction of sp³-hybridized carbons (Fsp3) is 0.526. The first kappa shape index (κ1) is 26.1. The molecule has 0 bridgehead atoms. The molecule has 1 aromatic rings. The van der Waals surface area contributed by atoms with Gasteiger partial charge in [-0.3, -0.25) is 10.1 Å². The Hall–Kier alpha value is -3.11. The Kier molecular flexibility index (Phi) is 8.84. The summed E-state index contributed by atoms with van der Waals surface area (Å²) >= 11 is 5.99. The van der Waals surface area contributed by atoms with Gasteiger partial charge < -0.3 is 19.8 Å². The molecule has 180 valence electrons. The zero-order chi connectivity index (χ0) is 24.8. The van der Waals surface area contributed by atoms with Crippen LogP contribution >= 0.6 is 11.6 Å². The van der Waals surface area contributed by atoms with Gasteiger partial charge in [-0.25, -0.2) is 14.6 Å². The molecule has 2 aliphatic rings. The van der Waals surface area contributed by atoms with Gasteiger partial charge >= 0.3 is 18.1 Å². The third-order valence-corrected chi connectivity index (χ3v) is 5.21. The fourth-order valence-electron chi connectivity index (χ4n) is 3.34. The molecule has 0 saturated carbocycles. The lowest BCUT2D eigenvalue weighted by Gasteiger charge is -2.23. The highest BCUT2D eigenvalue weighted by atomic mass is 35.5. The molecule has 0 spiro atoms. The molecule has 0 unspecified atom stereocenters. The summed E-state index contributed by atoms with van der Waals surface area (Å²) in [6.45, 7) is 0.899. The molecule has 2 aliphatic heterocycles. The van der Waals surface area contributed by atoms with E-state index in [1.165, 1.54) is 12.3 Å². The number of carbonyl (C=O) groups excluding carboxylic acids is 1. The van der Waals surface area contributed by atoms with Crippen LogP contribution in [0.1, 0.15) is 36.0 Å². The van der Waals surface area contributed by atoms with Crippen LogP contribution in [0, 0.1) is 11.3 Å². The molecule has 33 heavy (non-hydrogen) atoms. The maximum Gasteiger partial charge on any atom is 0.490 e. The van der Waals surface area contributed by atoms with Gasteiger partial charge in [0.25, 0.3) is 0 Å². The number of hydrogen-bond acceptors (Lipinski definition) is 7. The smallest absolute Gasteiger partial charge is 0.478 e. The largest absolute Gasteiger partial charge is 0.490 e. The van der Waals surface area contributed by atoms with Crippen LogP contribution in [0.3, 0.4) is 0 Å². The van der Waals surface area contributed by atoms with Gasteiger partial charge in [-0.15, -0.1) is 0 Å². The zero-order valence-corrected chi connectivity index (χ0v) is 17.8. The Labute approximate surface area is 190 Å². The number of aromatic nitrogens is 1. The first-order chi connectivity index (χ1) is 15.4. The van der Waals surface area contributed by atoms with E-state index in [0.29, 0.717) is 13.0 Å². The van der Waals surface area contributed by atoms with Crippen molar-refractivity contribution in [3.8, 4) is 11.9 Å². The number of aliphatic carboxylic acids is 1. The van der Waals surface area contributed by atoms with Gasteiger partial charge in [0.2, 0.25) is 11.8 Å². The standard InChI is InChI=1S/C17H19ClN4O4.C2HF3O2/c18-13-6-10(17(24)25)8-20-15(13)26-9-11-3-4-14(21-11)16(23)22-5-1-2-12(22)7-19;3-2(4,5)1(6)7/h6,8,11-12,14,21H,1-5,9H2,(H,24,25);(H,6,7)/t11-,12+,14+;/m1./s1. The second kappa shape index (κ2) is 11.2. The highest BCUT2D eigenvalue weighted by Crippen LogP contribution is 2.25. The number of nitriles is 1. The molecule has 0 aliphatic carbocycles. The summed E-state index contributed by atoms with van der Waals surface area (Å²) in [5.74, 6) is -3.73. The average molecular weight is 493 g/mol. The van der Waals surface area contributed by atoms with Gasteiger partial charge in [0.05, 0.1) is 17.7 Å². The molecule has 0 aromatic carbocycles. The SMILES string of the molecule is N#C[C@@H]1CCCN1C(=O)[C@@H]1CC[C@H](COc2ncc(C(=O)O)cc2Cl)N1.O=C(O)C(F)(F)F. The number of carbonyl (C=O) groups is 3. The van der Waals surface area contributed by atoms with E-state index in [9.17, 15) is 22.8 Å². The van der Waals surface area contributed by atoms with Crippen LogP contribution in [0.4, 0.5) is 13.2 Å². The van der Waals surface area contributed by atoms with Gasteiger partial charge in [0.1, 0.15) is 17.7 Å². The first-order valence-electron chi connectivity index (χ1n) is 9.72. The summed E-state index contributed by atoms with van der Waals surface area (Å²) in [7, 11) is 0. The minimum Gasteiger partial charge on any atom is -0.478 e. The van der Waals surface area contributed by atoms with Crippen LogP contribution in [-0.2, 0) is 9.59 Å². The predicted molar refractivity (Wildman–Crippen MR) is 106 cm³/mol. The number of halogens is 4. The number of rotatable bonds is 5. The van der Waals surface area contributed by atoms with Gasteiger partial charge in [-0.1, -0.05) is 11.6 Å². The third-order valence-electron chi connectivity index (χ3n) is 4.94. The second-order valence-corrected chi connectivity index (χ2v) is 7.65. The molecule has 3 heterocycles. The molecule has 2 saturated heterocycles. The lowest BCUT2D eigenvalue weighted by molar-refractivity contribution is -0.192. The van der Waals surface area contributed by atoms with Crippen molar-refractivity contribution in [2.45, 2.75) is 50.0 Å². The number of carboxylic acid groups (broad SMARTS) is 2. The Bertz CT molecular complexity index is 939. The normalized spacial score (nSPS) is 22.2. The zero-order valence-electron chi connectivity index (χ0n) is 17.0. The first-order valence-corrected chi connectivity index (χ1v) is 10.1. The summed E-state index contributed by atoms with van der Waals surface area (Å²) in [6.07, 6.45) is -0.863. The van der Waals surface area contributed by atoms with Gasteiger partial charge in [-0.05, 0) is 31.7 Å². The molecule has 0 radical (unpaired) electrons. The van der Waals surface area contributed by atoms with E-state index in [0.717, 1.165) is 19.3 Å². The number of likely N-dealkylation sites (tertiary alicyclic amines) is 1.